The third kappa shape index (κ3) is 2.50. The molecular weight excluding hydrogens is 142 g/mol. The van der Waals surface area contributed by atoms with Crippen LogP contribution in [-0.2, 0) is 9.53 Å². The first-order chi connectivity index (χ1) is 5.20. The summed E-state index contributed by atoms with van der Waals surface area (Å²) in [6, 6.07) is 0.259. The summed E-state index contributed by atoms with van der Waals surface area (Å²) >= 11 is 0. The van der Waals surface area contributed by atoms with Crippen LogP contribution in [0.4, 0.5) is 0 Å². The lowest BCUT2D eigenvalue weighted by atomic mass is 10.0. The maximum atomic E-state index is 10.7. The quantitative estimate of drug-likeness (QED) is 0.635. The first-order valence-electron chi connectivity index (χ1n) is 4.05. The lowest BCUT2D eigenvalue weighted by Gasteiger charge is -2.17. The fourth-order valence-corrected chi connectivity index (χ4v) is 1.39. The predicted molar refractivity (Wildman–Crippen MR) is 42.2 cm³/mol. The Morgan fingerprint density at radius 1 is 1.73 bits per heavy atom. The summed E-state index contributed by atoms with van der Waals surface area (Å²) in [5.74, 6) is 0.559. The molecule has 1 saturated heterocycles. The number of ether oxygens (including phenoxy) is 1. The summed E-state index contributed by atoms with van der Waals surface area (Å²) in [5, 5.41) is 2.87. The molecule has 0 aromatic rings. The first kappa shape index (κ1) is 8.53. The Bertz CT molecular complexity index is 141. The highest BCUT2D eigenvalue weighted by molar-refractivity contribution is 5.73. The van der Waals surface area contributed by atoms with Gasteiger partial charge in [0.25, 0.3) is 0 Å². The number of rotatable bonds is 2. The molecule has 0 aromatic heterocycles. The third-order valence-electron chi connectivity index (χ3n) is 2.10. The average Bonchev–Trinajstić information content (AvgIpc) is 2.35. The van der Waals surface area contributed by atoms with E-state index in [9.17, 15) is 4.79 Å². The number of carbonyl (C=O) groups excluding carboxylic acids is 1. The zero-order valence-corrected chi connectivity index (χ0v) is 7.09. The Morgan fingerprint density at radius 3 is 2.91 bits per heavy atom. The maximum Gasteiger partial charge on any atom is 0.217 e. The molecule has 1 aliphatic heterocycles. The highest BCUT2D eigenvalue weighted by Gasteiger charge is 2.22. The molecule has 1 N–H and O–H groups in total. The molecule has 1 heterocycles. The van der Waals surface area contributed by atoms with Gasteiger partial charge in [-0.1, -0.05) is 0 Å². The van der Waals surface area contributed by atoms with Gasteiger partial charge >= 0.3 is 0 Å². The zero-order valence-electron chi connectivity index (χ0n) is 7.09. The molecule has 3 nitrogen and oxygen atoms in total. The van der Waals surface area contributed by atoms with Gasteiger partial charge < -0.3 is 10.1 Å². The Hall–Kier alpha value is -0.570. The highest BCUT2D eigenvalue weighted by atomic mass is 16.5. The van der Waals surface area contributed by atoms with E-state index in [1.54, 1.807) is 6.92 Å². The smallest absolute Gasteiger partial charge is 0.217 e. The van der Waals surface area contributed by atoms with Gasteiger partial charge in [-0.15, -0.1) is 0 Å². The van der Waals surface area contributed by atoms with E-state index in [1.807, 2.05) is 6.92 Å². The number of hydrogen-bond donors (Lipinski definition) is 1. The summed E-state index contributed by atoms with van der Waals surface area (Å²) in [6.07, 6.45) is 1.07. The molecule has 0 spiro atoms. The second kappa shape index (κ2) is 3.72. The van der Waals surface area contributed by atoms with Gasteiger partial charge in [0.2, 0.25) is 5.91 Å². The molecule has 0 bridgehead atoms. The fraction of sp³-hybridized carbons (Fsp3) is 0.875. The van der Waals surface area contributed by atoms with Crippen molar-refractivity contribution in [2.75, 3.05) is 13.2 Å². The van der Waals surface area contributed by atoms with Crippen molar-refractivity contribution in [2.24, 2.45) is 5.92 Å². The van der Waals surface area contributed by atoms with Gasteiger partial charge in [-0.05, 0) is 13.3 Å². The van der Waals surface area contributed by atoms with Crippen LogP contribution < -0.4 is 5.32 Å². The summed E-state index contributed by atoms with van der Waals surface area (Å²) in [6.45, 7) is 5.21. The summed E-state index contributed by atoms with van der Waals surface area (Å²) < 4.78 is 5.21. The molecule has 0 aliphatic carbocycles. The van der Waals surface area contributed by atoms with Crippen molar-refractivity contribution >= 4 is 5.91 Å². The molecule has 1 amide bonds. The van der Waals surface area contributed by atoms with Crippen molar-refractivity contribution < 1.29 is 9.53 Å². The van der Waals surface area contributed by atoms with Gasteiger partial charge in [0.1, 0.15) is 0 Å². The van der Waals surface area contributed by atoms with Gasteiger partial charge in [-0.3, -0.25) is 4.79 Å². The maximum absolute atomic E-state index is 10.7. The number of amides is 1. The Morgan fingerprint density at radius 2 is 2.45 bits per heavy atom. The van der Waals surface area contributed by atoms with E-state index in [4.69, 9.17) is 4.74 Å². The summed E-state index contributed by atoms with van der Waals surface area (Å²) in [7, 11) is 0. The van der Waals surface area contributed by atoms with Crippen LogP contribution in [0.3, 0.4) is 0 Å². The molecule has 0 saturated carbocycles. The van der Waals surface area contributed by atoms with E-state index >= 15 is 0 Å². The number of hydrogen-bond acceptors (Lipinski definition) is 2. The van der Waals surface area contributed by atoms with Crippen LogP contribution in [-0.4, -0.2) is 25.2 Å². The van der Waals surface area contributed by atoms with E-state index in [0.717, 1.165) is 19.6 Å². The van der Waals surface area contributed by atoms with E-state index in [2.05, 4.69) is 5.32 Å². The molecule has 3 heteroatoms. The minimum Gasteiger partial charge on any atom is -0.381 e. The van der Waals surface area contributed by atoms with Gasteiger partial charge in [0.15, 0.2) is 0 Å². The minimum atomic E-state index is 0.0457. The zero-order chi connectivity index (χ0) is 8.27. The predicted octanol–water partition coefficient (Wildman–Crippen LogP) is 0.548. The topological polar surface area (TPSA) is 38.3 Å². The van der Waals surface area contributed by atoms with E-state index in [1.165, 1.54) is 0 Å². The Labute approximate surface area is 67.1 Å². The SMILES string of the molecule is CC(=O)NC(C)C1CCOC1. The minimum absolute atomic E-state index is 0.0457. The lowest BCUT2D eigenvalue weighted by Crippen LogP contribution is -2.36. The Kier molecular flexibility index (Phi) is 2.88. The molecule has 2 unspecified atom stereocenters. The van der Waals surface area contributed by atoms with Gasteiger partial charge in [-0.25, -0.2) is 0 Å². The lowest BCUT2D eigenvalue weighted by molar-refractivity contribution is -0.119. The van der Waals surface area contributed by atoms with E-state index in [0.29, 0.717) is 5.92 Å². The molecule has 0 radical (unpaired) electrons. The largest absolute Gasteiger partial charge is 0.381 e. The third-order valence-corrected chi connectivity index (χ3v) is 2.10. The highest BCUT2D eigenvalue weighted by Crippen LogP contribution is 2.15. The molecule has 1 aliphatic rings. The average molecular weight is 157 g/mol. The van der Waals surface area contributed by atoms with E-state index < -0.39 is 0 Å². The van der Waals surface area contributed by atoms with Crippen LogP contribution in [0.15, 0.2) is 0 Å². The molecule has 1 fully saturated rings. The summed E-state index contributed by atoms with van der Waals surface area (Å²) in [4.78, 5) is 10.7. The summed E-state index contributed by atoms with van der Waals surface area (Å²) in [5.41, 5.74) is 0. The second-order valence-electron chi connectivity index (χ2n) is 3.11. The molecular formula is C8H15NO2. The van der Waals surface area contributed by atoms with Crippen LogP contribution in [0.5, 0.6) is 0 Å². The molecule has 64 valence electrons. The van der Waals surface area contributed by atoms with Crippen molar-refractivity contribution in [3.05, 3.63) is 0 Å². The number of carbonyl (C=O) groups is 1. The molecule has 2 atom stereocenters. The van der Waals surface area contributed by atoms with E-state index in [-0.39, 0.29) is 11.9 Å². The van der Waals surface area contributed by atoms with Crippen LogP contribution >= 0.6 is 0 Å². The van der Waals surface area contributed by atoms with Crippen molar-refractivity contribution in [2.45, 2.75) is 26.3 Å². The van der Waals surface area contributed by atoms with Gasteiger partial charge in [-0.2, -0.15) is 0 Å². The second-order valence-corrected chi connectivity index (χ2v) is 3.11. The van der Waals surface area contributed by atoms with Crippen molar-refractivity contribution in [1.29, 1.82) is 0 Å². The van der Waals surface area contributed by atoms with Gasteiger partial charge in [0, 0.05) is 25.5 Å². The fourth-order valence-electron chi connectivity index (χ4n) is 1.39. The monoisotopic (exact) mass is 157 g/mol. The van der Waals surface area contributed by atoms with Crippen molar-refractivity contribution in [3.8, 4) is 0 Å². The van der Waals surface area contributed by atoms with Crippen molar-refractivity contribution in [1.82, 2.24) is 5.32 Å². The normalized spacial score (nSPS) is 26.5. The molecule has 11 heavy (non-hydrogen) atoms. The van der Waals surface area contributed by atoms with Gasteiger partial charge in [0.05, 0.1) is 6.61 Å². The van der Waals surface area contributed by atoms with Crippen molar-refractivity contribution in [3.63, 3.8) is 0 Å². The number of nitrogens with one attached hydrogen (secondary N) is 1. The molecule has 0 aromatic carbocycles. The van der Waals surface area contributed by atoms with Crippen LogP contribution in [0.2, 0.25) is 0 Å². The van der Waals surface area contributed by atoms with Crippen LogP contribution in [0, 0.1) is 5.92 Å². The molecule has 1 rings (SSSR count). The Balaban J connectivity index is 2.28. The standard InChI is InChI=1S/C8H15NO2/c1-6(9-7(2)10)8-3-4-11-5-8/h6,8H,3-5H2,1-2H3,(H,9,10). The first-order valence-corrected chi connectivity index (χ1v) is 4.05. The van der Waals surface area contributed by atoms with Crippen LogP contribution in [0.25, 0.3) is 0 Å². The van der Waals surface area contributed by atoms with Crippen LogP contribution in [0.1, 0.15) is 20.3 Å².